The van der Waals surface area contributed by atoms with Gasteiger partial charge in [-0.05, 0) is 80.3 Å². The molecule has 0 bridgehead atoms. The lowest BCUT2D eigenvalue weighted by molar-refractivity contribution is -0.141. The molecule has 1 aliphatic heterocycles. The summed E-state index contributed by atoms with van der Waals surface area (Å²) in [5.41, 5.74) is 0.672. The molecule has 2 heterocycles. The van der Waals surface area contributed by atoms with Crippen LogP contribution in [0.1, 0.15) is 60.1 Å². The van der Waals surface area contributed by atoms with Crippen molar-refractivity contribution in [3.05, 3.63) is 58.4 Å². The molecule has 194 valence electrons. The maximum absolute atomic E-state index is 13.0. The largest absolute Gasteiger partial charge is 0.478 e. The number of rotatable bonds is 7. The zero-order chi connectivity index (χ0) is 25.9. The summed E-state index contributed by atoms with van der Waals surface area (Å²) in [4.78, 5) is 30.0. The second-order valence-electron chi connectivity index (χ2n) is 9.61. The number of aromatic carboxylic acids is 1. The van der Waals surface area contributed by atoms with Crippen LogP contribution in [0.3, 0.4) is 0 Å². The van der Waals surface area contributed by atoms with E-state index in [-0.39, 0.29) is 29.3 Å². The Labute approximate surface area is 212 Å². The van der Waals surface area contributed by atoms with Crippen LogP contribution in [0.4, 0.5) is 18.9 Å². The van der Waals surface area contributed by atoms with E-state index in [0.29, 0.717) is 48.6 Å². The van der Waals surface area contributed by atoms with Crippen molar-refractivity contribution in [2.45, 2.75) is 57.2 Å². The molecule has 2 fully saturated rings. The van der Waals surface area contributed by atoms with Crippen LogP contribution in [-0.4, -0.2) is 41.1 Å². The molecule has 1 aromatic heterocycles. The van der Waals surface area contributed by atoms with Gasteiger partial charge >= 0.3 is 12.1 Å². The summed E-state index contributed by atoms with van der Waals surface area (Å²) in [5.74, 6) is -0.827. The number of pyridine rings is 1. The Hall–Kier alpha value is -2.81. The summed E-state index contributed by atoms with van der Waals surface area (Å²) in [6, 6.07) is 7.27. The first kappa shape index (κ1) is 26.3. The summed E-state index contributed by atoms with van der Waals surface area (Å²) in [7, 11) is 0. The number of carboxylic acid groups (broad SMARTS) is 1. The molecule has 36 heavy (non-hydrogen) atoms. The Morgan fingerprint density at radius 2 is 1.86 bits per heavy atom. The van der Waals surface area contributed by atoms with E-state index in [1.807, 2.05) is 4.90 Å². The van der Waals surface area contributed by atoms with Gasteiger partial charge in [0.2, 0.25) is 5.91 Å². The lowest BCUT2D eigenvalue weighted by Crippen LogP contribution is -2.45. The molecule has 2 aromatic rings. The normalized spacial score (nSPS) is 20.9. The molecule has 2 N–H and O–H groups in total. The number of amides is 1. The number of nitrogens with zero attached hydrogens (tertiary/aromatic N) is 2. The highest BCUT2D eigenvalue weighted by molar-refractivity contribution is 6.30. The van der Waals surface area contributed by atoms with Gasteiger partial charge in [0.05, 0.1) is 17.4 Å². The van der Waals surface area contributed by atoms with Crippen molar-refractivity contribution in [2.24, 2.45) is 11.8 Å². The quantitative estimate of drug-likeness (QED) is 0.494. The average Bonchev–Trinajstić information content (AvgIpc) is 3.29. The van der Waals surface area contributed by atoms with Crippen molar-refractivity contribution in [1.29, 1.82) is 0 Å². The number of carbonyl (C=O) groups excluding carboxylic acids is 1. The van der Waals surface area contributed by atoms with Gasteiger partial charge in [0.1, 0.15) is 5.69 Å². The molecule has 2 atom stereocenters. The van der Waals surface area contributed by atoms with E-state index in [1.165, 1.54) is 18.3 Å². The predicted molar refractivity (Wildman–Crippen MR) is 130 cm³/mol. The molecule has 4 rings (SSSR count). The lowest BCUT2D eigenvalue weighted by atomic mass is 9.91. The van der Waals surface area contributed by atoms with Gasteiger partial charge in [-0.3, -0.25) is 4.79 Å². The highest BCUT2D eigenvalue weighted by Crippen LogP contribution is 2.32. The summed E-state index contributed by atoms with van der Waals surface area (Å²) >= 11 is 6.07. The van der Waals surface area contributed by atoms with Gasteiger partial charge < -0.3 is 15.3 Å². The van der Waals surface area contributed by atoms with Crippen molar-refractivity contribution < 1.29 is 27.9 Å². The summed E-state index contributed by atoms with van der Waals surface area (Å²) in [6.07, 6.45) is 2.25. The maximum Gasteiger partial charge on any atom is 0.433 e. The number of anilines is 1. The first-order valence-corrected chi connectivity index (χ1v) is 12.6. The predicted octanol–water partition coefficient (Wildman–Crippen LogP) is 5.59. The van der Waals surface area contributed by atoms with Crippen molar-refractivity contribution in [3.63, 3.8) is 0 Å². The molecule has 2 aliphatic rings. The zero-order valence-corrected chi connectivity index (χ0v) is 20.5. The highest BCUT2D eigenvalue weighted by atomic mass is 35.5. The summed E-state index contributed by atoms with van der Waals surface area (Å²) in [5, 5.41) is 13.2. The van der Waals surface area contributed by atoms with E-state index in [2.05, 4.69) is 10.3 Å². The first-order valence-electron chi connectivity index (χ1n) is 12.2. The average molecular weight is 524 g/mol. The van der Waals surface area contributed by atoms with Crippen LogP contribution in [0, 0.1) is 11.8 Å². The van der Waals surface area contributed by atoms with Crippen LogP contribution in [0.5, 0.6) is 0 Å². The highest BCUT2D eigenvalue weighted by Gasteiger charge is 2.34. The number of hydrogen-bond donors (Lipinski definition) is 2. The van der Waals surface area contributed by atoms with Crippen molar-refractivity contribution in [1.82, 2.24) is 10.3 Å². The minimum atomic E-state index is -4.46. The van der Waals surface area contributed by atoms with Crippen LogP contribution < -0.4 is 10.2 Å². The molecule has 1 saturated carbocycles. The number of aryl methyl sites for hydroxylation is 1. The number of carbonyl (C=O) groups is 2. The Balaban J connectivity index is 1.28. The van der Waals surface area contributed by atoms with Gasteiger partial charge in [-0.15, -0.1) is 0 Å². The monoisotopic (exact) mass is 523 g/mol. The number of piperidine rings is 1. The number of halogens is 4. The van der Waals surface area contributed by atoms with Crippen LogP contribution in [0.15, 0.2) is 36.5 Å². The van der Waals surface area contributed by atoms with Gasteiger partial charge in [0.25, 0.3) is 0 Å². The van der Waals surface area contributed by atoms with E-state index in [9.17, 15) is 27.9 Å². The standard InChI is InChI=1S/C26H29ClF3N3O3/c27-19-6-8-21(25(35)36)18(14-19)5-4-16-2-1-3-22(16)32-24(34)17-10-12-33(13-11-17)20-7-9-23(31-15-20)26(28,29)30/h6-9,14-17,22H,1-5,10-13H2,(H,32,34)(H,35,36)/t16-,22-/m0/s1. The minimum absolute atomic E-state index is 0.0195. The SMILES string of the molecule is O=C(O)c1ccc(Cl)cc1CC[C@@H]1CCC[C@@H]1NC(=O)C1CCN(c2ccc(C(F)(F)F)nc2)CC1. The third-order valence-electron chi connectivity index (χ3n) is 7.34. The Morgan fingerprint density at radius 1 is 1.11 bits per heavy atom. The number of nitrogens with one attached hydrogen (secondary N) is 1. The second kappa shape index (κ2) is 11.1. The van der Waals surface area contributed by atoms with Crippen LogP contribution in [-0.2, 0) is 17.4 Å². The van der Waals surface area contributed by atoms with Gasteiger partial charge in [-0.2, -0.15) is 13.2 Å². The van der Waals surface area contributed by atoms with Gasteiger partial charge in [-0.25, -0.2) is 9.78 Å². The fraction of sp³-hybridized carbons (Fsp3) is 0.500. The first-order chi connectivity index (χ1) is 17.1. The van der Waals surface area contributed by atoms with Crippen LogP contribution in [0.25, 0.3) is 0 Å². The third-order valence-corrected chi connectivity index (χ3v) is 7.57. The third kappa shape index (κ3) is 6.30. The van der Waals surface area contributed by atoms with E-state index >= 15 is 0 Å². The molecule has 1 saturated heterocycles. The van der Waals surface area contributed by atoms with E-state index in [4.69, 9.17) is 11.6 Å². The molecule has 10 heteroatoms. The van der Waals surface area contributed by atoms with E-state index in [0.717, 1.165) is 31.7 Å². The van der Waals surface area contributed by atoms with Crippen molar-refractivity contribution in [2.75, 3.05) is 18.0 Å². The molecule has 1 amide bonds. The van der Waals surface area contributed by atoms with Gasteiger partial charge in [0.15, 0.2) is 0 Å². The number of aromatic nitrogens is 1. The molecule has 6 nitrogen and oxygen atoms in total. The van der Waals surface area contributed by atoms with Crippen molar-refractivity contribution in [3.8, 4) is 0 Å². The van der Waals surface area contributed by atoms with Crippen LogP contribution in [0.2, 0.25) is 5.02 Å². The number of benzene rings is 1. The molecule has 1 aliphatic carbocycles. The lowest BCUT2D eigenvalue weighted by Gasteiger charge is -2.33. The summed E-state index contributed by atoms with van der Waals surface area (Å²) in [6.45, 7) is 1.15. The Kier molecular flexibility index (Phi) is 8.07. The van der Waals surface area contributed by atoms with E-state index < -0.39 is 17.8 Å². The second-order valence-corrected chi connectivity index (χ2v) is 10.0. The molecule has 1 aromatic carbocycles. The Bertz CT molecular complexity index is 1090. The van der Waals surface area contributed by atoms with Crippen LogP contribution >= 0.6 is 11.6 Å². The molecule has 0 radical (unpaired) electrons. The number of carboxylic acids is 1. The fourth-order valence-electron chi connectivity index (χ4n) is 5.33. The smallest absolute Gasteiger partial charge is 0.433 e. The molecular formula is C26H29ClF3N3O3. The topological polar surface area (TPSA) is 82.5 Å². The summed E-state index contributed by atoms with van der Waals surface area (Å²) < 4.78 is 38.2. The molecule has 0 unspecified atom stereocenters. The zero-order valence-electron chi connectivity index (χ0n) is 19.7. The van der Waals surface area contributed by atoms with Gasteiger partial charge in [-0.1, -0.05) is 18.0 Å². The number of hydrogen-bond acceptors (Lipinski definition) is 4. The molecule has 0 spiro atoms. The molecular weight excluding hydrogens is 495 g/mol. The van der Waals surface area contributed by atoms with E-state index in [1.54, 1.807) is 12.1 Å². The van der Waals surface area contributed by atoms with Gasteiger partial charge in [0, 0.05) is 30.1 Å². The fourth-order valence-corrected chi connectivity index (χ4v) is 5.53. The maximum atomic E-state index is 13.0. The Morgan fingerprint density at radius 3 is 2.50 bits per heavy atom. The number of alkyl halides is 3. The minimum Gasteiger partial charge on any atom is -0.478 e. The van der Waals surface area contributed by atoms with Crippen molar-refractivity contribution >= 4 is 29.2 Å².